The molecule has 0 aromatic heterocycles. The summed E-state index contributed by atoms with van der Waals surface area (Å²) in [7, 11) is 0. The molecule has 18 heavy (non-hydrogen) atoms. The highest BCUT2D eigenvalue weighted by Gasteiger charge is 2.21. The summed E-state index contributed by atoms with van der Waals surface area (Å²) in [6.07, 6.45) is 2.90. The van der Waals surface area contributed by atoms with Crippen LogP contribution in [0.1, 0.15) is 37.8 Å². The predicted molar refractivity (Wildman–Crippen MR) is 73.2 cm³/mol. The SMILES string of the molecule is CCC(=O)NCC1CCC(c2ccccc2)NC1. The molecule has 1 amide bonds. The maximum absolute atomic E-state index is 11.2. The van der Waals surface area contributed by atoms with Crippen LogP contribution in [-0.2, 0) is 4.79 Å². The van der Waals surface area contributed by atoms with Gasteiger partial charge in [0.15, 0.2) is 0 Å². The zero-order valence-corrected chi connectivity index (χ0v) is 11.0. The number of carbonyl (C=O) groups excluding carboxylic acids is 1. The number of benzene rings is 1. The third-order valence-corrected chi connectivity index (χ3v) is 3.63. The third kappa shape index (κ3) is 3.57. The normalized spacial score (nSPS) is 23.6. The minimum absolute atomic E-state index is 0.153. The van der Waals surface area contributed by atoms with Crippen LogP contribution in [0.15, 0.2) is 30.3 Å². The van der Waals surface area contributed by atoms with Crippen LogP contribution < -0.4 is 10.6 Å². The van der Waals surface area contributed by atoms with Crippen molar-refractivity contribution >= 4 is 5.91 Å². The summed E-state index contributed by atoms with van der Waals surface area (Å²) < 4.78 is 0. The molecule has 0 spiro atoms. The van der Waals surface area contributed by atoms with Crippen LogP contribution in [0.2, 0.25) is 0 Å². The number of hydrogen-bond acceptors (Lipinski definition) is 2. The Balaban J connectivity index is 1.76. The van der Waals surface area contributed by atoms with Crippen LogP contribution >= 0.6 is 0 Å². The fourth-order valence-electron chi connectivity index (χ4n) is 2.44. The monoisotopic (exact) mass is 246 g/mol. The molecule has 1 fully saturated rings. The molecule has 1 aliphatic heterocycles. The summed E-state index contributed by atoms with van der Waals surface area (Å²) in [6.45, 7) is 3.69. The summed E-state index contributed by atoms with van der Waals surface area (Å²) in [5.74, 6) is 0.723. The molecule has 1 aliphatic rings. The van der Waals surface area contributed by atoms with Gasteiger partial charge in [-0.1, -0.05) is 37.3 Å². The Labute approximate surface area is 109 Å². The van der Waals surface area contributed by atoms with Crippen molar-refractivity contribution < 1.29 is 4.79 Å². The molecule has 3 heteroatoms. The van der Waals surface area contributed by atoms with E-state index in [2.05, 4.69) is 41.0 Å². The van der Waals surface area contributed by atoms with Gasteiger partial charge < -0.3 is 10.6 Å². The van der Waals surface area contributed by atoms with E-state index in [0.717, 1.165) is 19.5 Å². The maximum Gasteiger partial charge on any atom is 0.219 e. The van der Waals surface area contributed by atoms with Crippen molar-refractivity contribution in [3.63, 3.8) is 0 Å². The van der Waals surface area contributed by atoms with Gasteiger partial charge in [-0.15, -0.1) is 0 Å². The van der Waals surface area contributed by atoms with Gasteiger partial charge in [0.05, 0.1) is 0 Å². The zero-order chi connectivity index (χ0) is 12.8. The van der Waals surface area contributed by atoms with Crippen molar-refractivity contribution in [2.75, 3.05) is 13.1 Å². The predicted octanol–water partition coefficient (Wildman–Crippen LogP) is 2.25. The zero-order valence-electron chi connectivity index (χ0n) is 11.0. The molecular weight excluding hydrogens is 224 g/mol. The quantitative estimate of drug-likeness (QED) is 0.855. The molecule has 1 aromatic carbocycles. The summed E-state index contributed by atoms with van der Waals surface area (Å²) in [5.41, 5.74) is 1.37. The van der Waals surface area contributed by atoms with Crippen LogP contribution in [-0.4, -0.2) is 19.0 Å². The number of rotatable bonds is 4. The van der Waals surface area contributed by atoms with Gasteiger partial charge >= 0.3 is 0 Å². The minimum Gasteiger partial charge on any atom is -0.356 e. The van der Waals surface area contributed by atoms with Crippen molar-refractivity contribution in [3.8, 4) is 0 Å². The van der Waals surface area contributed by atoms with Gasteiger partial charge in [-0.05, 0) is 24.3 Å². The molecule has 2 rings (SSSR count). The lowest BCUT2D eigenvalue weighted by Gasteiger charge is -2.30. The van der Waals surface area contributed by atoms with Gasteiger partial charge in [-0.2, -0.15) is 0 Å². The second-order valence-corrected chi connectivity index (χ2v) is 4.97. The van der Waals surface area contributed by atoms with Crippen molar-refractivity contribution in [2.45, 2.75) is 32.2 Å². The molecular formula is C15H22N2O. The molecule has 2 N–H and O–H groups in total. The van der Waals surface area contributed by atoms with E-state index in [9.17, 15) is 4.79 Å². The first-order valence-corrected chi connectivity index (χ1v) is 6.84. The largest absolute Gasteiger partial charge is 0.356 e. The second-order valence-electron chi connectivity index (χ2n) is 4.97. The lowest BCUT2D eigenvalue weighted by atomic mass is 9.91. The highest BCUT2D eigenvalue weighted by molar-refractivity contribution is 5.75. The van der Waals surface area contributed by atoms with E-state index in [4.69, 9.17) is 0 Å². The molecule has 2 unspecified atom stereocenters. The van der Waals surface area contributed by atoms with E-state index in [1.165, 1.54) is 12.0 Å². The van der Waals surface area contributed by atoms with Gasteiger partial charge in [0.2, 0.25) is 5.91 Å². The number of carbonyl (C=O) groups is 1. The van der Waals surface area contributed by atoms with Crippen LogP contribution in [0, 0.1) is 5.92 Å². The van der Waals surface area contributed by atoms with E-state index >= 15 is 0 Å². The Morgan fingerprint density at radius 2 is 2.11 bits per heavy atom. The highest BCUT2D eigenvalue weighted by atomic mass is 16.1. The average molecular weight is 246 g/mol. The van der Waals surface area contributed by atoms with Gasteiger partial charge in [0, 0.05) is 25.6 Å². The number of amides is 1. The van der Waals surface area contributed by atoms with Crippen LogP contribution in [0.5, 0.6) is 0 Å². The first-order chi connectivity index (χ1) is 8.79. The standard InChI is InChI=1S/C15H22N2O/c1-2-15(18)17-11-12-8-9-14(16-10-12)13-6-4-3-5-7-13/h3-7,12,14,16H,2,8-11H2,1H3,(H,17,18). The average Bonchev–Trinajstić information content (AvgIpc) is 2.46. The summed E-state index contributed by atoms with van der Waals surface area (Å²) in [6, 6.07) is 11.1. The Morgan fingerprint density at radius 1 is 1.33 bits per heavy atom. The number of nitrogens with one attached hydrogen (secondary N) is 2. The Morgan fingerprint density at radius 3 is 2.72 bits per heavy atom. The lowest BCUT2D eigenvalue weighted by Crippen LogP contribution is -2.39. The first kappa shape index (κ1) is 13.1. The molecule has 0 aliphatic carbocycles. The molecule has 1 heterocycles. The lowest BCUT2D eigenvalue weighted by molar-refractivity contribution is -0.121. The fraction of sp³-hybridized carbons (Fsp3) is 0.533. The van der Waals surface area contributed by atoms with Crippen LogP contribution in [0.4, 0.5) is 0 Å². The highest BCUT2D eigenvalue weighted by Crippen LogP contribution is 2.25. The van der Waals surface area contributed by atoms with Crippen LogP contribution in [0.25, 0.3) is 0 Å². The smallest absolute Gasteiger partial charge is 0.219 e. The summed E-state index contributed by atoms with van der Waals surface area (Å²) in [5, 5.41) is 6.55. The summed E-state index contributed by atoms with van der Waals surface area (Å²) in [4.78, 5) is 11.2. The minimum atomic E-state index is 0.153. The number of piperidine rings is 1. The van der Waals surface area contributed by atoms with E-state index < -0.39 is 0 Å². The van der Waals surface area contributed by atoms with Crippen molar-refractivity contribution in [1.29, 1.82) is 0 Å². The molecule has 98 valence electrons. The first-order valence-electron chi connectivity index (χ1n) is 6.84. The van der Waals surface area contributed by atoms with Gasteiger partial charge in [0.25, 0.3) is 0 Å². The van der Waals surface area contributed by atoms with Gasteiger partial charge in [-0.3, -0.25) is 4.79 Å². The molecule has 2 atom stereocenters. The molecule has 0 radical (unpaired) electrons. The maximum atomic E-state index is 11.2. The van der Waals surface area contributed by atoms with Gasteiger partial charge in [0.1, 0.15) is 0 Å². The van der Waals surface area contributed by atoms with Crippen molar-refractivity contribution in [1.82, 2.24) is 10.6 Å². The number of hydrogen-bond donors (Lipinski definition) is 2. The van der Waals surface area contributed by atoms with E-state index in [1.807, 2.05) is 6.92 Å². The molecule has 3 nitrogen and oxygen atoms in total. The van der Waals surface area contributed by atoms with Crippen LogP contribution in [0.3, 0.4) is 0 Å². The molecule has 1 saturated heterocycles. The van der Waals surface area contributed by atoms with Crippen molar-refractivity contribution in [2.24, 2.45) is 5.92 Å². The van der Waals surface area contributed by atoms with Crippen molar-refractivity contribution in [3.05, 3.63) is 35.9 Å². The Hall–Kier alpha value is -1.35. The second kappa shape index (κ2) is 6.55. The fourth-order valence-corrected chi connectivity index (χ4v) is 2.44. The van der Waals surface area contributed by atoms with E-state index in [-0.39, 0.29) is 5.91 Å². The Bertz CT molecular complexity index is 369. The topological polar surface area (TPSA) is 41.1 Å². The third-order valence-electron chi connectivity index (χ3n) is 3.63. The van der Waals surface area contributed by atoms with E-state index in [0.29, 0.717) is 18.4 Å². The molecule has 0 saturated carbocycles. The molecule has 0 bridgehead atoms. The summed E-state index contributed by atoms with van der Waals surface area (Å²) >= 11 is 0. The van der Waals surface area contributed by atoms with E-state index in [1.54, 1.807) is 0 Å². The Kier molecular flexibility index (Phi) is 4.76. The van der Waals surface area contributed by atoms with Gasteiger partial charge in [-0.25, -0.2) is 0 Å². The molecule has 1 aromatic rings.